The second kappa shape index (κ2) is 5.66. The Balaban J connectivity index is 2.88. The van der Waals surface area contributed by atoms with Gasteiger partial charge in [-0.2, -0.15) is 0 Å². The molecule has 0 fully saturated rings. The summed E-state index contributed by atoms with van der Waals surface area (Å²) in [4.78, 5) is 23.7. The number of aromatic nitrogens is 1. The van der Waals surface area contributed by atoms with Gasteiger partial charge in [-0.1, -0.05) is 11.6 Å². The highest BCUT2D eigenvalue weighted by Crippen LogP contribution is 2.28. The molecule has 0 amide bonds. The van der Waals surface area contributed by atoms with E-state index < -0.39 is 5.97 Å². The highest BCUT2D eigenvalue weighted by atomic mass is 79.9. The van der Waals surface area contributed by atoms with Crippen LogP contribution in [0.3, 0.4) is 0 Å². The Labute approximate surface area is 135 Å². The van der Waals surface area contributed by atoms with Crippen molar-refractivity contribution in [2.24, 2.45) is 0 Å². The van der Waals surface area contributed by atoms with Crippen LogP contribution in [0.15, 0.2) is 27.5 Å². The van der Waals surface area contributed by atoms with E-state index in [0.717, 1.165) is 5.56 Å². The summed E-state index contributed by atoms with van der Waals surface area (Å²) >= 11 is 9.52. The molecule has 0 bridgehead atoms. The fourth-order valence-corrected chi connectivity index (χ4v) is 3.11. The summed E-state index contributed by atoms with van der Waals surface area (Å²) in [6.45, 7) is 5.07. The molecular weight excluding hydrogens is 358 g/mol. The second-order valence-corrected chi connectivity index (χ2v) is 6.08. The lowest BCUT2D eigenvalue weighted by molar-refractivity contribution is 0.0694. The molecule has 1 aromatic heterocycles. The number of rotatable bonds is 2. The first kappa shape index (κ1) is 15.8. The maximum absolute atomic E-state index is 12.3. The number of aromatic carboxylic acids is 1. The van der Waals surface area contributed by atoms with E-state index in [2.05, 4.69) is 15.9 Å². The van der Waals surface area contributed by atoms with Gasteiger partial charge in [-0.25, -0.2) is 4.79 Å². The molecule has 1 heterocycles. The minimum atomic E-state index is -1.06. The average Bonchev–Trinajstić information content (AvgIpc) is 2.34. The first-order valence-electron chi connectivity index (χ1n) is 6.16. The van der Waals surface area contributed by atoms with Crippen molar-refractivity contribution in [3.05, 3.63) is 60.4 Å². The normalized spacial score (nSPS) is 10.7. The van der Waals surface area contributed by atoms with E-state index in [9.17, 15) is 14.7 Å². The minimum absolute atomic E-state index is 0.123. The summed E-state index contributed by atoms with van der Waals surface area (Å²) in [5, 5.41) is 9.83. The van der Waals surface area contributed by atoms with Gasteiger partial charge in [0.25, 0.3) is 5.56 Å². The molecule has 0 spiro atoms. The molecule has 4 nitrogen and oxygen atoms in total. The Morgan fingerprint density at radius 2 is 1.81 bits per heavy atom. The summed E-state index contributed by atoms with van der Waals surface area (Å²) < 4.78 is 2.03. The number of aryl methyl sites for hydroxylation is 2. The van der Waals surface area contributed by atoms with Crippen LogP contribution in [0.25, 0.3) is 5.69 Å². The topological polar surface area (TPSA) is 59.3 Å². The maximum atomic E-state index is 12.3. The smallest absolute Gasteiger partial charge is 0.337 e. The molecule has 0 aliphatic carbocycles. The van der Waals surface area contributed by atoms with Crippen molar-refractivity contribution < 1.29 is 9.90 Å². The molecule has 0 saturated heterocycles. The summed E-state index contributed by atoms with van der Waals surface area (Å²) in [5.74, 6) is -1.06. The van der Waals surface area contributed by atoms with E-state index in [1.54, 1.807) is 26.0 Å². The van der Waals surface area contributed by atoms with Crippen LogP contribution >= 0.6 is 27.5 Å². The SMILES string of the molecule is Cc1cc(Br)c(-n2c(C)c(C(=O)O)c(C)cc2=O)cc1Cl. The number of benzene rings is 1. The van der Waals surface area contributed by atoms with E-state index in [0.29, 0.717) is 26.4 Å². The van der Waals surface area contributed by atoms with Crippen LogP contribution < -0.4 is 5.56 Å². The third-order valence-corrected chi connectivity index (χ3v) is 4.38. The predicted octanol–water partition coefficient (Wildman–Crippen LogP) is 3.88. The van der Waals surface area contributed by atoms with Crippen molar-refractivity contribution in [3.63, 3.8) is 0 Å². The molecule has 0 unspecified atom stereocenters. The molecule has 0 saturated carbocycles. The van der Waals surface area contributed by atoms with Gasteiger partial charge in [0.1, 0.15) is 0 Å². The Kier molecular flexibility index (Phi) is 4.25. The molecule has 2 aromatic rings. The fourth-order valence-electron chi connectivity index (χ4n) is 2.31. The highest BCUT2D eigenvalue weighted by molar-refractivity contribution is 9.10. The molecule has 0 radical (unpaired) electrons. The van der Waals surface area contributed by atoms with Gasteiger partial charge in [0, 0.05) is 21.3 Å². The van der Waals surface area contributed by atoms with Crippen LogP contribution in [-0.4, -0.2) is 15.6 Å². The molecular formula is C15H13BrClNO3. The molecule has 0 atom stereocenters. The van der Waals surface area contributed by atoms with Gasteiger partial charge < -0.3 is 5.11 Å². The number of carbonyl (C=O) groups is 1. The van der Waals surface area contributed by atoms with Crippen molar-refractivity contribution >= 4 is 33.5 Å². The van der Waals surface area contributed by atoms with Gasteiger partial charge in [-0.05, 0) is 60.0 Å². The number of pyridine rings is 1. The minimum Gasteiger partial charge on any atom is -0.478 e. The first-order valence-corrected chi connectivity index (χ1v) is 7.33. The fraction of sp³-hybridized carbons (Fsp3) is 0.200. The third-order valence-electron chi connectivity index (χ3n) is 3.33. The lowest BCUT2D eigenvalue weighted by Gasteiger charge is -2.16. The van der Waals surface area contributed by atoms with Crippen LogP contribution in [0, 0.1) is 20.8 Å². The molecule has 110 valence electrons. The predicted molar refractivity (Wildman–Crippen MR) is 85.9 cm³/mol. The zero-order chi connectivity index (χ0) is 15.9. The van der Waals surface area contributed by atoms with Gasteiger partial charge >= 0.3 is 5.97 Å². The van der Waals surface area contributed by atoms with Crippen LogP contribution in [-0.2, 0) is 0 Å². The zero-order valence-electron chi connectivity index (χ0n) is 11.7. The van der Waals surface area contributed by atoms with Gasteiger partial charge in [-0.3, -0.25) is 9.36 Å². The number of halogens is 2. The Hall–Kier alpha value is -1.59. The number of hydrogen-bond acceptors (Lipinski definition) is 2. The Morgan fingerprint density at radius 1 is 1.19 bits per heavy atom. The van der Waals surface area contributed by atoms with Crippen LogP contribution in [0.4, 0.5) is 0 Å². The first-order chi connectivity index (χ1) is 9.73. The van der Waals surface area contributed by atoms with Crippen LogP contribution in [0.2, 0.25) is 5.02 Å². The van der Waals surface area contributed by atoms with E-state index in [1.165, 1.54) is 10.6 Å². The molecule has 1 N–H and O–H groups in total. The summed E-state index contributed by atoms with van der Waals surface area (Å²) in [7, 11) is 0. The molecule has 1 aromatic carbocycles. The van der Waals surface area contributed by atoms with Crippen LogP contribution in [0.1, 0.15) is 27.2 Å². The van der Waals surface area contributed by atoms with Crippen molar-refractivity contribution in [3.8, 4) is 5.69 Å². The van der Waals surface area contributed by atoms with Crippen molar-refractivity contribution in [1.29, 1.82) is 0 Å². The van der Waals surface area contributed by atoms with Gasteiger partial charge in [0.05, 0.1) is 11.3 Å². The number of nitrogens with zero attached hydrogens (tertiary/aromatic N) is 1. The second-order valence-electron chi connectivity index (χ2n) is 4.82. The molecule has 0 aliphatic heterocycles. The van der Waals surface area contributed by atoms with Gasteiger partial charge in [0.2, 0.25) is 0 Å². The van der Waals surface area contributed by atoms with E-state index in [1.807, 2.05) is 6.92 Å². The highest BCUT2D eigenvalue weighted by Gasteiger charge is 2.18. The molecule has 2 rings (SSSR count). The molecule has 0 aliphatic rings. The van der Waals surface area contributed by atoms with E-state index >= 15 is 0 Å². The summed E-state index contributed by atoms with van der Waals surface area (Å²) in [6.07, 6.45) is 0. The van der Waals surface area contributed by atoms with Crippen molar-refractivity contribution in [2.45, 2.75) is 20.8 Å². The Bertz CT molecular complexity index is 812. The zero-order valence-corrected chi connectivity index (χ0v) is 14.0. The van der Waals surface area contributed by atoms with Crippen LogP contribution in [0.5, 0.6) is 0 Å². The summed E-state index contributed by atoms with van der Waals surface area (Å²) in [5.41, 5.74) is 2.02. The number of carboxylic acid groups (broad SMARTS) is 1. The van der Waals surface area contributed by atoms with E-state index in [-0.39, 0.29) is 11.1 Å². The summed E-state index contributed by atoms with van der Waals surface area (Å²) in [6, 6.07) is 4.76. The Morgan fingerprint density at radius 3 is 2.38 bits per heavy atom. The van der Waals surface area contributed by atoms with Gasteiger partial charge in [-0.15, -0.1) is 0 Å². The van der Waals surface area contributed by atoms with Crippen molar-refractivity contribution in [1.82, 2.24) is 4.57 Å². The maximum Gasteiger partial charge on any atom is 0.337 e. The number of carboxylic acids is 1. The van der Waals surface area contributed by atoms with Gasteiger partial charge in [0.15, 0.2) is 0 Å². The molecule has 6 heteroatoms. The monoisotopic (exact) mass is 369 g/mol. The average molecular weight is 371 g/mol. The third kappa shape index (κ3) is 2.76. The largest absolute Gasteiger partial charge is 0.478 e. The van der Waals surface area contributed by atoms with E-state index in [4.69, 9.17) is 11.6 Å². The lowest BCUT2D eigenvalue weighted by Crippen LogP contribution is -2.24. The quantitative estimate of drug-likeness (QED) is 0.873. The lowest BCUT2D eigenvalue weighted by atomic mass is 10.1. The standard InChI is InChI=1S/C15H13BrClNO3/c1-7-4-10(16)12(6-11(7)17)18-9(3)14(15(20)21)8(2)5-13(18)19/h4-6H,1-3H3,(H,20,21). The number of hydrogen-bond donors (Lipinski definition) is 1. The molecule has 21 heavy (non-hydrogen) atoms. The van der Waals surface area contributed by atoms with Crippen molar-refractivity contribution in [2.75, 3.05) is 0 Å².